The Hall–Kier alpha value is -1.69. The first-order valence-electron chi connectivity index (χ1n) is 7.16. The number of benzene rings is 1. The zero-order valence-electron chi connectivity index (χ0n) is 13.3. The van der Waals surface area contributed by atoms with E-state index in [4.69, 9.17) is 4.74 Å². The second-order valence-corrected chi connectivity index (χ2v) is 7.37. The summed E-state index contributed by atoms with van der Waals surface area (Å²) in [4.78, 5) is 23.3. The Morgan fingerprint density at radius 1 is 1.18 bits per heavy atom. The van der Waals surface area contributed by atoms with E-state index in [1.54, 1.807) is 26.0 Å². The van der Waals surface area contributed by atoms with Gasteiger partial charge >= 0.3 is 5.97 Å². The fourth-order valence-corrected chi connectivity index (χ4v) is 3.85. The summed E-state index contributed by atoms with van der Waals surface area (Å²) in [5.74, 6) is -1.99. The van der Waals surface area contributed by atoms with Crippen molar-refractivity contribution < 1.29 is 22.7 Å². The van der Waals surface area contributed by atoms with E-state index in [0.717, 1.165) is 5.56 Å². The molecule has 0 saturated carbocycles. The topological polar surface area (TPSA) is 77.5 Å². The van der Waals surface area contributed by atoms with Crippen LogP contribution in [0.3, 0.4) is 0 Å². The van der Waals surface area contributed by atoms with Gasteiger partial charge in [0.1, 0.15) is 11.9 Å². The summed E-state index contributed by atoms with van der Waals surface area (Å²) in [6, 6.07) is 6.46. The zero-order valence-corrected chi connectivity index (χ0v) is 14.1. The molecule has 6 heteroatoms. The molecule has 2 atom stereocenters. The van der Waals surface area contributed by atoms with Gasteiger partial charge in [0.2, 0.25) is 0 Å². The first-order valence-corrected chi connectivity index (χ1v) is 8.82. The number of rotatable bonds is 7. The fourth-order valence-electron chi connectivity index (χ4n) is 2.17. The predicted molar refractivity (Wildman–Crippen MR) is 83.2 cm³/mol. The molecule has 22 heavy (non-hydrogen) atoms. The van der Waals surface area contributed by atoms with Crippen LogP contribution in [-0.4, -0.2) is 32.0 Å². The van der Waals surface area contributed by atoms with Gasteiger partial charge < -0.3 is 4.74 Å². The number of esters is 1. The van der Waals surface area contributed by atoms with E-state index in [1.807, 2.05) is 6.92 Å². The van der Waals surface area contributed by atoms with Crippen LogP contribution in [0.5, 0.6) is 0 Å². The van der Waals surface area contributed by atoms with Crippen LogP contribution < -0.4 is 0 Å². The number of sulfone groups is 1. The summed E-state index contributed by atoms with van der Waals surface area (Å²) in [6.07, 6.45) is -0.579. The van der Waals surface area contributed by atoms with E-state index in [-0.39, 0.29) is 22.9 Å². The predicted octanol–water partition coefficient (Wildman–Crippen LogP) is 2.32. The molecule has 122 valence electrons. The molecule has 5 nitrogen and oxygen atoms in total. The van der Waals surface area contributed by atoms with E-state index >= 15 is 0 Å². The maximum Gasteiger partial charge on any atom is 0.302 e. The van der Waals surface area contributed by atoms with Crippen LogP contribution in [0.4, 0.5) is 0 Å². The monoisotopic (exact) mass is 326 g/mol. The third kappa shape index (κ3) is 4.94. The van der Waals surface area contributed by atoms with Crippen molar-refractivity contribution in [1.82, 2.24) is 0 Å². The Balaban J connectivity index is 3.04. The number of aryl methyl sites for hydroxylation is 1. The molecule has 1 aromatic carbocycles. The minimum Gasteiger partial charge on any atom is -0.462 e. The number of Topliss-reactive ketones (excluding diaryl/α,β-unsaturated/α-hetero) is 1. The summed E-state index contributed by atoms with van der Waals surface area (Å²) in [5.41, 5.74) is 0.952. The molecule has 1 rings (SSSR count). The molecule has 0 spiro atoms. The normalized spacial score (nSPS) is 14.2. The Morgan fingerprint density at radius 2 is 1.73 bits per heavy atom. The highest BCUT2D eigenvalue weighted by molar-refractivity contribution is 7.91. The highest BCUT2D eigenvalue weighted by Gasteiger charge is 2.32. The number of carbonyl (C=O) groups is 2. The van der Waals surface area contributed by atoms with Gasteiger partial charge in [-0.1, -0.05) is 24.6 Å². The van der Waals surface area contributed by atoms with Crippen LogP contribution in [0.2, 0.25) is 0 Å². The number of carbonyl (C=O) groups excluding carboxylic acids is 2. The molecule has 0 fully saturated rings. The summed E-state index contributed by atoms with van der Waals surface area (Å²) >= 11 is 0. The lowest BCUT2D eigenvalue weighted by Crippen LogP contribution is -2.35. The largest absolute Gasteiger partial charge is 0.462 e. The van der Waals surface area contributed by atoms with E-state index in [1.165, 1.54) is 19.1 Å². The molecule has 0 bridgehead atoms. The van der Waals surface area contributed by atoms with Gasteiger partial charge in [-0.2, -0.15) is 0 Å². The molecular weight excluding hydrogens is 304 g/mol. The summed E-state index contributed by atoms with van der Waals surface area (Å²) in [7, 11) is -3.62. The standard InChI is InChI=1S/C16H22O5S/c1-5-16(18)15(12(3)21-13(4)17)10-22(19,20)14-8-6-11(2)7-9-14/h6-9,12,15H,5,10H2,1-4H3/t12-,15+/m0/s1. The Labute approximate surface area is 131 Å². The fraction of sp³-hybridized carbons (Fsp3) is 0.500. The molecule has 0 aliphatic rings. The lowest BCUT2D eigenvalue weighted by atomic mass is 9.99. The van der Waals surface area contributed by atoms with E-state index < -0.39 is 27.8 Å². The van der Waals surface area contributed by atoms with Crippen LogP contribution in [0.25, 0.3) is 0 Å². The molecule has 0 amide bonds. The molecule has 1 aromatic rings. The molecule has 0 heterocycles. The van der Waals surface area contributed by atoms with Gasteiger partial charge in [0.15, 0.2) is 9.84 Å². The van der Waals surface area contributed by atoms with Crippen LogP contribution in [0.1, 0.15) is 32.8 Å². The third-order valence-electron chi connectivity index (χ3n) is 3.46. The summed E-state index contributed by atoms with van der Waals surface area (Å²) < 4.78 is 30.0. The summed E-state index contributed by atoms with van der Waals surface area (Å²) in [6.45, 7) is 6.31. The zero-order chi connectivity index (χ0) is 16.9. The first-order chi connectivity index (χ1) is 10.2. The van der Waals surface area contributed by atoms with E-state index in [9.17, 15) is 18.0 Å². The van der Waals surface area contributed by atoms with Gasteiger partial charge in [-0.25, -0.2) is 8.42 Å². The maximum atomic E-state index is 12.5. The number of hydrogen-bond donors (Lipinski definition) is 0. The number of ketones is 1. The molecule has 0 N–H and O–H groups in total. The van der Waals surface area contributed by atoms with Crippen molar-refractivity contribution in [3.05, 3.63) is 29.8 Å². The lowest BCUT2D eigenvalue weighted by molar-refractivity contribution is -0.149. The Kier molecular flexibility index (Phi) is 6.29. The molecule has 0 saturated heterocycles. The quantitative estimate of drug-likeness (QED) is 0.719. The summed E-state index contributed by atoms with van der Waals surface area (Å²) in [5, 5.41) is 0. The van der Waals surface area contributed by atoms with Crippen molar-refractivity contribution in [1.29, 1.82) is 0 Å². The maximum absolute atomic E-state index is 12.5. The van der Waals surface area contributed by atoms with E-state index in [2.05, 4.69) is 0 Å². The Bertz CT molecular complexity index is 631. The highest BCUT2D eigenvalue weighted by Crippen LogP contribution is 2.20. The van der Waals surface area contributed by atoms with Gasteiger partial charge in [0.25, 0.3) is 0 Å². The van der Waals surface area contributed by atoms with Crippen molar-refractivity contribution in [2.75, 3.05) is 5.75 Å². The SMILES string of the molecule is CCC(=O)[C@H](CS(=O)(=O)c1ccc(C)cc1)[C@H](C)OC(C)=O. The average molecular weight is 326 g/mol. The van der Waals surface area contributed by atoms with E-state index in [0.29, 0.717) is 0 Å². The minimum absolute atomic E-state index is 0.169. The van der Waals surface area contributed by atoms with Crippen LogP contribution in [0.15, 0.2) is 29.2 Å². The molecule has 0 aromatic heterocycles. The van der Waals surface area contributed by atoms with Crippen LogP contribution in [-0.2, 0) is 24.2 Å². The number of hydrogen-bond acceptors (Lipinski definition) is 5. The smallest absolute Gasteiger partial charge is 0.302 e. The second kappa shape index (κ2) is 7.54. The second-order valence-electron chi connectivity index (χ2n) is 5.34. The van der Waals surface area contributed by atoms with Crippen molar-refractivity contribution in [2.45, 2.75) is 45.1 Å². The molecule has 0 unspecified atom stereocenters. The van der Waals surface area contributed by atoms with Gasteiger partial charge in [-0.05, 0) is 26.0 Å². The van der Waals surface area contributed by atoms with Gasteiger partial charge in [0, 0.05) is 13.3 Å². The first kappa shape index (κ1) is 18.4. The van der Waals surface area contributed by atoms with Gasteiger partial charge in [-0.15, -0.1) is 0 Å². The highest BCUT2D eigenvalue weighted by atomic mass is 32.2. The Morgan fingerprint density at radius 3 is 2.18 bits per heavy atom. The van der Waals surface area contributed by atoms with Gasteiger partial charge in [0.05, 0.1) is 16.6 Å². The van der Waals surface area contributed by atoms with Crippen molar-refractivity contribution >= 4 is 21.6 Å². The van der Waals surface area contributed by atoms with Crippen LogP contribution in [0, 0.1) is 12.8 Å². The minimum atomic E-state index is -3.62. The molecule has 0 aliphatic heterocycles. The van der Waals surface area contributed by atoms with Crippen molar-refractivity contribution in [2.24, 2.45) is 5.92 Å². The van der Waals surface area contributed by atoms with Gasteiger partial charge in [-0.3, -0.25) is 9.59 Å². The number of ether oxygens (including phenoxy) is 1. The van der Waals surface area contributed by atoms with Crippen molar-refractivity contribution in [3.8, 4) is 0 Å². The average Bonchev–Trinajstić information content (AvgIpc) is 2.43. The molecule has 0 aliphatic carbocycles. The lowest BCUT2D eigenvalue weighted by Gasteiger charge is -2.22. The molecule has 0 radical (unpaired) electrons. The van der Waals surface area contributed by atoms with Crippen molar-refractivity contribution in [3.63, 3.8) is 0 Å². The third-order valence-corrected chi connectivity index (χ3v) is 5.25. The molecular formula is C16H22O5S. The van der Waals surface area contributed by atoms with Crippen LogP contribution >= 0.6 is 0 Å².